The third-order valence-corrected chi connectivity index (χ3v) is 6.79. The fourth-order valence-corrected chi connectivity index (χ4v) is 5.46. The Balaban J connectivity index is 1.60. The number of rotatable bonds is 3. The van der Waals surface area contributed by atoms with Gasteiger partial charge >= 0.3 is 0 Å². The van der Waals surface area contributed by atoms with E-state index in [4.69, 9.17) is 11.6 Å². The Morgan fingerprint density at radius 1 is 1.04 bits per heavy atom. The molecule has 1 heterocycles. The molecule has 0 aromatic heterocycles. The second-order valence-electron chi connectivity index (χ2n) is 8.18. The number of ketones is 1. The van der Waals surface area contributed by atoms with E-state index in [1.165, 1.54) is 12.0 Å². The third kappa shape index (κ3) is 3.00. The molecule has 0 saturated heterocycles. The fourth-order valence-electron chi connectivity index (χ4n) is 5.24. The first-order valence-electron chi connectivity index (χ1n) is 10.2. The summed E-state index contributed by atoms with van der Waals surface area (Å²) in [5.41, 5.74) is 3.57. The average Bonchev–Trinajstić information content (AvgIpc) is 3.24. The van der Waals surface area contributed by atoms with E-state index in [0.29, 0.717) is 39.9 Å². The van der Waals surface area contributed by atoms with Crippen molar-refractivity contribution < 1.29 is 4.79 Å². The molecule has 2 aromatic rings. The second-order valence-corrected chi connectivity index (χ2v) is 8.62. The standard InChI is InChI=1S/C25H24ClNO/c26-18-14-21-19-12-7-13-20(19)23(16-8-3-1-4-9-16)27-24(21)22(15-18)25(28)17-10-5-2-6-11-17/h1-3,5-7,10-12,14-16,19-20,23,27H,4,8-9,13H2/t16-,19-,20-,23-/m1/s1. The molecule has 2 aliphatic carbocycles. The van der Waals surface area contributed by atoms with Crippen molar-refractivity contribution in [2.24, 2.45) is 11.8 Å². The maximum atomic E-state index is 13.3. The Hall–Kier alpha value is -2.32. The molecule has 2 aromatic carbocycles. The SMILES string of the molecule is O=C(c1ccccc1)c1cc(Cl)cc2c1N[C@H]([C@@H]1CC=CCC1)[C@@H]1CC=C[C@@H]21. The van der Waals surface area contributed by atoms with Crippen molar-refractivity contribution >= 4 is 23.1 Å². The average molecular weight is 390 g/mol. The van der Waals surface area contributed by atoms with Gasteiger partial charge in [0.15, 0.2) is 5.78 Å². The van der Waals surface area contributed by atoms with Crippen molar-refractivity contribution in [3.05, 3.63) is 88.5 Å². The lowest BCUT2D eigenvalue weighted by Crippen LogP contribution is -2.42. The molecule has 4 atom stereocenters. The molecule has 0 bridgehead atoms. The van der Waals surface area contributed by atoms with Gasteiger partial charge in [-0.25, -0.2) is 0 Å². The summed E-state index contributed by atoms with van der Waals surface area (Å²) in [4.78, 5) is 13.3. The van der Waals surface area contributed by atoms with E-state index in [2.05, 4.69) is 35.7 Å². The first-order chi connectivity index (χ1) is 13.7. The number of nitrogens with one attached hydrogen (secondary N) is 1. The Kier molecular flexibility index (Phi) is 4.60. The zero-order chi connectivity index (χ0) is 19.1. The van der Waals surface area contributed by atoms with Gasteiger partial charge in [-0.15, -0.1) is 0 Å². The summed E-state index contributed by atoms with van der Waals surface area (Å²) in [6.07, 6.45) is 13.8. The van der Waals surface area contributed by atoms with Crippen molar-refractivity contribution in [2.45, 2.75) is 37.6 Å². The number of carbonyl (C=O) groups is 1. The van der Waals surface area contributed by atoms with E-state index in [9.17, 15) is 4.79 Å². The van der Waals surface area contributed by atoms with Gasteiger partial charge in [0.1, 0.15) is 0 Å². The van der Waals surface area contributed by atoms with Gasteiger partial charge in [0.25, 0.3) is 0 Å². The maximum absolute atomic E-state index is 13.3. The molecule has 2 nitrogen and oxygen atoms in total. The van der Waals surface area contributed by atoms with E-state index in [0.717, 1.165) is 24.9 Å². The van der Waals surface area contributed by atoms with Crippen molar-refractivity contribution in [1.82, 2.24) is 0 Å². The van der Waals surface area contributed by atoms with Gasteiger partial charge in [-0.2, -0.15) is 0 Å². The molecule has 0 fully saturated rings. The fraction of sp³-hybridized carbons (Fsp3) is 0.320. The summed E-state index contributed by atoms with van der Waals surface area (Å²) in [7, 11) is 0. The van der Waals surface area contributed by atoms with E-state index in [1.807, 2.05) is 36.4 Å². The summed E-state index contributed by atoms with van der Waals surface area (Å²) in [6, 6.07) is 13.8. The third-order valence-electron chi connectivity index (χ3n) is 6.58. The van der Waals surface area contributed by atoms with Gasteiger partial charge in [0.2, 0.25) is 0 Å². The molecule has 1 aliphatic heterocycles. The molecule has 142 valence electrons. The van der Waals surface area contributed by atoms with Gasteiger partial charge in [-0.3, -0.25) is 4.79 Å². The minimum Gasteiger partial charge on any atom is -0.381 e. The van der Waals surface area contributed by atoms with Crippen molar-refractivity contribution in [3.8, 4) is 0 Å². The molecule has 1 N–H and O–H groups in total. The van der Waals surface area contributed by atoms with Crippen LogP contribution in [0, 0.1) is 11.8 Å². The number of fused-ring (bicyclic) bond motifs is 3. The number of benzene rings is 2. The molecule has 0 saturated carbocycles. The minimum absolute atomic E-state index is 0.0366. The van der Waals surface area contributed by atoms with Crippen LogP contribution in [0.2, 0.25) is 5.02 Å². The molecule has 5 rings (SSSR count). The first-order valence-corrected chi connectivity index (χ1v) is 10.6. The van der Waals surface area contributed by atoms with Crippen LogP contribution in [0.4, 0.5) is 5.69 Å². The van der Waals surface area contributed by atoms with E-state index < -0.39 is 0 Å². The van der Waals surface area contributed by atoms with Crippen LogP contribution in [0.25, 0.3) is 0 Å². The second kappa shape index (κ2) is 7.25. The predicted molar refractivity (Wildman–Crippen MR) is 115 cm³/mol. The highest BCUT2D eigenvalue weighted by atomic mass is 35.5. The normalized spacial score (nSPS) is 27.8. The Labute approximate surface area is 171 Å². The van der Waals surface area contributed by atoms with E-state index in [-0.39, 0.29) is 5.78 Å². The number of carbonyl (C=O) groups excluding carboxylic acids is 1. The van der Waals surface area contributed by atoms with Gasteiger partial charge < -0.3 is 5.32 Å². The predicted octanol–water partition coefficient (Wildman–Crippen LogP) is 6.38. The quantitative estimate of drug-likeness (QED) is 0.487. The van der Waals surface area contributed by atoms with Gasteiger partial charge in [-0.1, -0.05) is 66.2 Å². The highest BCUT2D eigenvalue weighted by Crippen LogP contribution is 2.49. The smallest absolute Gasteiger partial charge is 0.195 e. The summed E-state index contributed by atoms with van der Waals surface area (Å²) in [5, 5.41) is 4.47. The van der Waals surface area contributed by atoms with Crippen LogP contribution < -0.4 is 5.32 Å². The monoisotopic (exact) mass is 389 g/mol. The number of hydrogen-bond acceptors (Lipinski definition) is 2. The number of anilines is 1. The lowest BCUT2D eigenvalue weighted by Gasteiger charge is -2.42. The highest BCUT2D eigenvalue weighted by molar-refractivity contribution is 6.31. The lowest BCUT2D eigenvalue weighted by molar-refractivity contribution is 0.103. The van der Waals surface area contributed by atoms with Crippen molar-refractivity contribution in [3.63, 3.8) is 0 Å². The van der Waals surface area contributed by atoms with Gasteiger partial charge in [0, 0.05) is 33.8 Å². The largest absolute Gasteiger partial charge is 0.381 e. The van der Waals surface area contributed by atoms with Crippen LogP contribution in [-0.4, -0.2) is 11.8 Å². The topological polar surface area (TPSA) is 29.1 Å². The van der Waals surface area contributed by atoms with Crippen LogP contribution in [-0.2, 0) is 0 Å². The number of allylic oxidation sites excluding steroid dienone is 4. The first kappa shape index (κ1) is 17.8. The van der Waals surface area contributed by atoms with Gasteiger partial charge in [-0.05, 0) is 55.2 Å². The van der Waals surface area contributed by atoms with Crippen LogP contribution in [0.15, 0.2) is 66.8 Å². The van der Waals surface area contributed by atoms with E-state index >= 15 is 0 Å². The summed E-state index contributed by atoms with van der Waals surface area (Å²) in [6.45, 7) is 0. The zero-order valence-corrected chi connectivity index (χ0v) is 16.5. The van der Waals surface area contributed by atoms with Crippen molar-refractivity contribution in [2.75, 3.05) is 5.32 Å². The summed E-state index contributed by atoms with van der Waals surface area (Å²) < 4.78 is 0. The van der Waals surface area contributed by atoms with Gasteiger partial charge in [0.05, 0.1) is 0 Å². The lowest BCUT2D eigenvalue weighted by atomic mass is 9.71. The number of hydrogen-bond donors (Lipinski definition) is 1. The molecule has 0 radical (unpaired) electrons. The van der Waals surface area contributed by atoms with Crippen LogP contribution >= 0.6 is 11.6 Å². The Morgan fingerprint density at radius 2 is 1.89 bits per heavy atom. The summed E-state index contributed by atoms with van der Waals surface area (Å²) >= 11 is 6.48. The molecule has 0 unspecified atom stereocenters. The molecule has 3 heteroatoms. The molecular weight excluding hydrogens is 366 g/mol. The van der Waals surface area contributed by atoms with Crippen LogP contribution in [0.1, 0.15) is 53.1 Å². The molecule has 0 amide bonds. The minimum atomic E-state index is 0.0366. The molecule has 28 heavy (non-hydrogen) atoms. The highest BCUT2D eigenvalue weighted by Gasteiger charge is 2.42. The maximum Gasteiger partial charge on any atom is 0.195 e. The van der Waals surface area contributed by atoms with Crippen LogP contribution in [0.5, 0.6) is 0 Å². The summed E-state index contributed by atoms with van der Waals surface area (Å²) in [5.74, 6) is 1.53. The number of halogens is 1. The van der Waals surface area contributed by atoms with Crippen molar-refractivity contribution in [1.29, 1.82) is 0 Å². The molecule has 0 spiro atoms. The molecular formula is C25H24ClNO. The Bertz CT molecular complexity index is 962. The van der Waals surface area contributed by atoms with E-state index in [1.54, 1.807) is 0 Å². The zero-order valence-electron chi connectivity index (χ0n) is 15.8. The van der Waals surface area contributed by atoms with Crippen LogP contribution in [0.3, 0.4) is 0 Å². The Morgan fingerprint density at radius 3 is 2.68 bits per heavy atom. The molecule has 3 aliphatic rings.